The van der Waals surface area contributed by atoms with Gasteiger partial charge < -0.3 is 14.8 Å². The van der Waals surface area contributed by atoms with Crippen LogP contribution in [-0.2, 0) is 11.3 Å². The van der Waals surface area contributed by atoms with Crippen molar-refractivity contribution in [1.29, 1.82) is 0 Å². The smallest absolute Gasteiger partial charge is 0.406 e. The molecule has 0 radical (unpaired) electrons. The Hall–Kier alpha value is -1.02. The number of rotatable bonds is 5. The molecule has 0 aromatic heterocycles. The number of nitrogens with zero attached hydrogens (tertiary/aromatic N) is 1. The lowest BCUT2D eigenvalue weighted by atomic mass is 9.71. The minimum Gasteiger partial charge on any atom is -0.406 e. The fourth-order valence-electron chi connectivity index (χ4n) is 4.29. The van der Waals surface area contributed by atoms with Crippen molar-refractivity contribution in [3.05, 3.63) is 29.8 Å². The van der Waals surface area contributed by atoms with Gasteiger partial charge in [0, 0.05) is 32.7 Å². The molecule has 2 aliphatic heterocycles. The summed E-state index contributed by atoms with van der Waals surface area (Å²) in [6, 6.07) is 6.27. The highest BCUT2D eigenvalue weighted by Gasteiger charge is 2.46. The molecule has 2 aliphatic rings. The maximum atomic E-state index is 12.4. The lowest BCUT2D eigenvalue weighted by molar-refractivity contribution is -0.274. The van der Waals surface area contributed by atoms with Crippen LogP contribution < -0.4 is 10.1 Å². The van der Waals surface area contributed by atoms with Gasteiger partial charge in [-0.2, -0.15) is 0 Å². The summed E-state index contributed by atoms with van der Waals surface area (Å²) in [4.78, 5) is 2.34. The molecule has 0 saturated carbocycles. The number of methoxy groups -OCH3 is 1. The third kappa shape index (κ3) is 5.25. The van der Waals surface area contributed by atoms with Crippen LogP contribution in [0.3, 0.4) is 0 Å². The van der Waals surface area contributed by atoms with E-state index in [-0.39, 0.29) is 23.6 Å². The fourth-order valence-corrected chi connectivity index (χ4v) is 4.29. The summed E-state index contributed by atoms with van der Waals surface area (Å²) in [6.45, 7) is 5.27. The zero-order valence-corrected chi connectivity index (χ0v) is 15.7. The standard InChI is InChI=1S/C18H25F3N2O2.ClH/c1-24-12-15-11-23(13-17(15)5-7-22-8-6-17)10-14-3-2-4-16(9-14)25-18(19,20)21;/h2-4,9,15,22H,5-8,10-13H2,1H3;1H. The molecule has 1 unspecified atom stereocenters. The summed E-state index contributed by atoms with van der Waals surface area (Å²) in [6.07, 6.45) is -2.42. The van der Waals surface area contributed by atoms with Crippen LogP contribution in [0.2, 0.25) is 0 Å². The molecule has 1 aromatic rings. The Bertz CT molecular complexity index is 580. The highest BCUT2D eigenvalue weighted by molar-refractivity contribution is 5.85. The van der Waals surface area contributed by atoms with Gasteiger partial charge in [-0.1, -0.05) is 12.1 Å². The second kappa shape index (κ2) is 8.78. The molecule has 148 valence electrons. The number of hydrogen-bond donors (Lipinski definition) is 1. The molecule has 0 bridgehead atoms. The first-order valence-corrected chi connectivity index (χ1v) is 8.67. The Morgan fingerprint density at radius 2 is 2.00 bits per heavy atom. The van der Waals surface area contributed by atoms with Crippen molar-refractivity contribution in [1.82, 2.24) is 10.2 Å². The molecule has 0 amide bonds. The van der Waals surface area contributed by atoms with Crippen LogP contribution >= 0.6 is 12.4 Å². The Morgan fingerprint density at radius 3 is 2.65 bits per heavy atom. The van der Waals surface area contributed by atoms with Crippen LogP contribution in [0.5, 0.6) is 5.75 Å². The fraction of sp³-hybridized carbons (Fsp3) is 0.667. The Balaban J connectivity index is 0.00000243. The summed E-state index contributed by atoms with van der Waals surface area (Å²) >= 11 is 0. The zero-order chi connectivity index (χ0) is 17.9. The molecule has 3 rings (SSSR count). The molecule has 2 heterocycles. The molecular formula is C18H26ClF3N2O2. The summed E-state index contributed by atoms with van der Waals surface area (Å²) in [7, 11) is 1.73. The van der Waals surface area contributed by atoms with Crippen LogP contribution in [-0.4, -0.2) is 51.2 Å². The molecule has 1 N–H and O–H groups in total. The second-order valence-electron chi connectivity index (χ2n) is 7.13. The van der Waals surface area contributed by atoms with Gasteiger partial charge in [-0.3, -0.25) is 4.90 Å². The summed E-state index contributed by atoms with van der Waals surface area (Å²) in [5.74, 6) is 0.309. The Labute approximate surface area is 158 Å². The minimum atomic E-state index is -4.66. The molecule has 1 spiro atoms. The van der Waals surface area contributed by atoms with Crippen molar-refractivity contribution in [2.45, 2.75) is 25.7 Å². The van der Waals surface area contributed by atoms with Crippen molar-refractivity contribution < 1.29 is 22.6 Å². The van der Waals surface area contributed by atoms with Gasteiger partial charge in [0.05, 0.1) is 6.61 Å². The van der Waals surface area contributed by atoms with Crippen LogP contribution in [0.15, 0.2) is 24.3 Å². The van der Waals surface area contributed by atoms with E-state index in [0.29, 0.717) is 12.5 Å². The Morgan fingerprint density at radius 1 is 1.27 bits per heavy atom. The SMILES string of the molecule is COCC1CN(Cc2cccc(OC(F)(F)F)c2)CC12CCNCC2.Cl. The zero-order valence-electron chi connectivity index (χ0n) is 14.8. The van der Waals surface area contributed by atoms with E-state index in [1.807, 2.05) is 6.07 Å². The van der Waals surface area contributed by atoms with E-state index < -0.39 is 6.36 Å². The number of ether oxygens (including phenoxy) is 2. The number of benzene rings is 1. The number of alkyl halides is 3. The molecule has 2 saturated heterocycles. The lowest BCUT2D eigenvalue weighted by Crippen LogP contribution is -2.43. The van der Waals surface area contributed by atoms with Gasteiger partial charge in [0.1, 0.15) is 5.75 Å². The van der Waals surface area contributed by atoms with Gasteiger partial charge in [0.15, 0.2) is 0 Å². The first kappa shape index (κ1) is 21.3. The molecule has 1 atom stereocenters. The number of halogens is 4. The lowest BCUT2D eigenvalue weighted by Gasteiger charge is -2.38. The largest absolute Gasteiger partial charge is 0.573 e. The quantitative estimate of drug-likeness (QED) is 0.829. The summed E-state index contributed by atoms with van der Waals surface area (Å²) < 4.78 is 46.7. The molecule has 8 heteroatoms. The average molecular weight is 395 g/mol. The number of likely N-dealkylation sites (tertiary alicyclic amines) is 1. The van der Waals surface area contributed by atoms with E-state index in [0.717, 1.165) is 51.2 Å². The maximum absolute atomic E-state index is 12.4. The van der Waals surface area contributed by atoms with Gasteiger partial charge in [-0.15, -0.1) is 25.6 Å². The van der Waals surface area contributed by atoms with Crippen LogP contribution in [0.4, 0.5) is 13.2 Å². The monoisotopic (exact) mass is 394 g/mol. The topological polar surface area (TPSA) is 33.7 Å². The molecule has 0 aliphatic carbocycles. The molecule has 26 heavy (non-hydrogen) atoms. The van der Waals surface area contributed by atoms with Crippen molar-refractivity contribution in [3.8, 4) is 5.75 Å². The van der Waals surface area contributed by atoms with Crippen molar-refractivity contribution in [3.63, 3.8) is 0 Å². The predicted octanol–water partition coefficient (Wildman–Crippen LogP) is 3.46. The van der Waals surface area contributed by atoms with Gasteiger partial charge in [-0.05, 0) is 49.0 Å². The molecular weight excluding hydrogens is 369 g/mol. The third-order valence-corrected chi connectivity index (χ3v) is 5.39. The highest BCUT2D eigenvalue weighted by Crippen LogP contribution is 2.44. The molecule has 2 fully saturated rings. The molecule has 1 aromatic carbocycles. The number of piperidine rings is 1. The van der Waals surface area contributed by atoms with E-state index in [1.54, 1.807) is 13.2 Å². The van der Waals surface area contributed by atoms with Crippen molar-refractivity contribution >= 4 is 12.4 Å². The van der Waals surface area contributed by atoms with Gasteiger partial charge in [0.25, 0.3) is 0 Å². The average Bonchev–Trinajstić information content (AvgIpc) is 2.84. The van der Waals surface area contributed by atoms with Crippen molar-refractivity contribution in [2.24, 2.45) is 11.3 Å². The van der Waals surface area contributed by atoms with Gasteiger partial charge in [-0.25, -0.2) is 0 Å². The van der Waals surface area contributed by atoms with E-state index in [2.05, 4.69) is 15.0 Å². The van der Waals surface area contributed by atoms with Crippen LogP contribution in [0.1, 0.15) is 18.4 Å². The van der Waals surface area contributed by atoms with Crippen LogP contribution in [0, 0.1) is 11.3 Å². The first-order chi connectivity index (χ1) is 11.9. The van der Waals surface area contributed by atoms with Crippen molar-refractivity contribution in [2.75, 3.05) is 39.9 Å². The van der Waals surface area contributed by atoms with E-state index in [1.165, 1.54) is 12.1 Å². The maximum Gasteiger partial charge on any atom is 0.573 e. The second-order valence-corrected chi connectivity index (χ2v) is 7.13. The first-order valence-electron chi connectivity index (χ1n) is 8.67. The van der Waals surface area contributed by atoms with Gasteiger partial charge in [0.2, 0.25) is 0 Å². The van der Waals surface area contributed by atoms with Crippen LogP contribution in [0.25, 0.3) is 0 Å². The predicted molar refractivity (Wildman–Crippen MR) is 95.6 cm³/mol. The number of hydrogen-bond acceptors (Lipinski definition) is 4. The van der Waals surface area contributed by atoms with E-state index in [9.17, 15) is 13.2 Å². The summed E-state index contributed by atoms with van der Waals surface area (Å²) in [5.41, 5.74) is 1.09. The number of nitrogens with one attached hydrogen (secondary N) is 1. The minimum absolute atomic E-state index is 0. The third-order valence-electron chi connectivity index (χ3n) is 5.39. The Kier molecular flexibility index (Phi) is 7.19. The van der Waals surface area contributed by atoms with E-state index in [4.69, 9.17) is 4.74 Å². The van der Waals surface area contributed by atoms with Gasteiger partial charge >= 0.3 is 6.36 Å². The highest BCUT2D eigenvalue weighted by atomic mass is 35.5. The molecule has 4 nitrogen and oxygen atoms in total. The normalized spacial score (nSPS) is 23.0. The summed E-state index contributed by atoms with van der Waals surface area (Å²) in [5, 5.41) is 3.41. The van der Waals surface area contributed by atoms with E-state index >= 15 is 0 Å².